The summed E-state index contributed by atoms with van der Waals surface area (Å²) in [7, 11) is 0. The molecule has 2 aromatic rings. The van der Waals surface area contributed by atoms with Crippen LogP contribution < -0.4 is 10.2 Å². The zero-order valence-electron chi connectivity index (χ0n) is 14.9. The van der Waals surface area contributed by atoms with Crippen molar-refractivity contribution in [2.45, 2.75) is 51.9 Å². The van der Waals surface area contributed by atoms with Gasteiger partial charge < -0.3 is 10.2 Å². The largest absolute Gasteiger partial charge is 0.356 e. The highest BCUT2D eigenvalue weighted by molar-refractivity contribution is 7.18. The van der Waals surface area contributed by atoms with Gasteiger partial charge in [0.2, 0.25) is 5.91 Å². The van der Waals surface area contributed by atoms with E-state index in [0.717, 1.165) is 43.0 Å². The van der Waals surface area contributed by atoms with E-state index in [1.54, 1.807) is 6.33 Å². The molecule has 1 fully saturated rings. The van der Waals surface area contributed by atoms with Gasteiger partial charge in [-0.15, -0.1) is 11.3 Å². The van der Waals surface area contributed by atoms with Crippen LogP contribution in [0.2, 0.25) is 0 Å². The summed E-state index contributed by atoms with van der Waals surface area (Å²) >= 11 is 1.86. The number of hydrogen-bond acceptors (Lipinski definition) is 5. The third kappa shape index (κ3) is 3.24. The van der Waals surface area contributed by atoms with Gasteiger partial charge in [-0.25, -0.2) is 9.97 Å². The third-order valence-electron chi connectivity index (χ3n) is 5.50. The summed E-state index contributed by atoms with van der Waals surface area (Å²) < 4.78 is 0. The summed E-state index contributed by atoms with van der Waals surface area (Å²) in [5.74, 6) is 1.45. The van der Waals surface area contributed by atoms with Crippen molar-refractivity contribution in [1.82, 2.24) is 15.3 Å². The minimum Gasteiger partial charge on any atom is -0.356 e. The molecule has 5 nitrogen and oxygen atoms in total. The minimum absolute atomic E-state index is 0.146. The maximum Gasteiger partial charge on any atom is 0.223 e. The number of carbonyl (C=O) groups excluding carboxylic acids is 1. The second-order valence-corrected chi connectivity index (χ2v) is 8.18. The van der Waals surface area contributed by atoms with E-state index in [4.69, 9.17) is 0 Å². The highest BCUT2D eigenvalue weighted by atomic mass is 32.1. The van der Waals surface area contributed by atoms with Crippen LogP contribution in [0.1, 0.15) is 49.5 Å². The van der Waals surface area contributed by atoms with E-state index in [1.807, 2.05) is 18.3 Å². The molecule has 1 N–H and O–H groups in total. The number of anilines is 1. The van der Waals surface area contributed by atoms with E-state index in [1.165, 1.54) is 41.5 Å². The number of nitrogens with one attached hydrogen (secondary N) is 1. The number of fused-ring (bicyclic) bond motifs is 3. The molecule has 0 bridgehead atoms. The molecule has 0 saturated carbocycles. The molecule has 3 heterocycles. The smallest absolute Gasteiger partial charge is 0.223 e. The van der Waals surface area contributed by atoms with E-state index in [0.29, 0.717) is 6.54 Å². The lowest BCUT2D eigenvalue weighted by Gasteiger charge is -2.32. The van der Waals surface area contributed by atoms with Crippen molar-refractivity contribution < 1.29 is 4.79 Å². The number of amides is 1. The van der Waals surface area contributed by atoms with Gasteiger partial charge in [0.25, 0.3) is 0 Å². The summed E-state index contributed by atoms with van der Waals surface area (Å²) in [4.78, 5) is 26.3. The molecule has 1 saturated heterocycles. The number of carbonyl (C=O) groups is 1. The van der Waals surface area contributed by atoms with Gasteiger partial charge in [-0.2, -0.15) is 0 Å². The molecule has 0 spiro atoms. The summed E-state index contributed by atoms with van der Waals surface area (Å²) in [5.41, 5.74) is 1.50. The number of thiophene rings is 1. The predicted octanol–water partition coefficient (Wildman–Crippen LogP) is 3.31. The third-order valence-corrected chi connectivity index (χ3v) is 6.70. The lowest BCUT2D eigenvalue weighted by Crippen LogP contribution is -2.40. The van der Waals surface area contributed by atoms with Crippen LogP contribution in [0.5, 0.6) is 0 Å². The van der Waals surface area contributed by atoms with Gasteiger partial charge in [0, 0.05) is 30.4 Å². The normalized spacial score (nSPS) is 18.8. The minimum atomic E-state index is 0.146. The molecule has 1 aliphatic carbocycles. The molecule has 2 aromatic heterocycles. The van der Waals surface area contributed by atoms with Crippen molar-refractivity contribution in [2.24, 2.45) is 5.92 Å². The molecule has 1 aliphatic heterocycles. The topological polar surface area (TPSA) is 58.1 Å². The predicted molar refractivity (Wildman–Crippen MR) is 102 cm³/mol. The molecular formula is C19H26N4OS. The Morgan fingerprint density at radius 2 is 2.04 bits per heavy atom. The molecule has 0 unspecified atom stereocenters. The summed E-state index contributed by atoms with van der Waals surface area (Å²) in [6.07, 6.45) is 9.76. The highest BCUT2D eigenvalue weighted by Crippen LogP contribution is 2.39. The van der Waals surface area contributed by atoms with Crippen molar-refractivity contribution in [3.63, 3.8) is 0 Å². The van der Waals surface area contributed by atoms with E-state index in [-0.39, 0.29) is 11.8 Å². The second kappa shape index (κ2) is 7.28. The summed E-state index contributed by atoms with van der Waals surface area (Å²) in [5, 5.41) is 4.25. The first-order valence-electron chi connectivity index (χ1n) is 9.55. The van der Waals surface area contributed by atoms with Crippen LogP contribution in [-0.2, 0) is 17.6 Å². The molecule has 6 heteroatoms. The molecule has 4 rings (SSSR count). The van der Waals surface area contributed by atoms with Gasteiger partial charge in [-0.3, -0.25) is 4.79 Å². The number of hydrogen-bond donors (Lipinski definition) is 1. The van der Waals surface area contributed by atoms with Crippen LogP contribution in [-0.4, -0.2) is 35.5 Å². The first-order chi connectivity index (χ1) is 12.3. The summed E-state index contributed by atoms with van der Waals surface area (Å²) in [6.45, 7) is 4.50. The Morgan fingerprint density at radius 1 is 1.24 bits per heavy atom. The number of rotatable bonds is 3. The molecule has 0 aromatic carbocycles. The molecule has 134 valence electrons. The molecule has 1 amide bonds. The van der Waals surface area contributed by atoms with Crippen molar-refractivity contribution >= 4 is 33.3 Å². The Morgan fingerprint density at radius 3 is 2.84 bits per heavy atom. The first kappa shape index (κ1) is 16.8. The maximum absolute atomic E-state index is 12.1. The Balaban J connectivity index is 1.60. The molecule has 0 radical (unpaired) electrons. The van der Waals surface area contributed by atoms with Crippen LogP contribution in [0.4, 0.5) is 5.82 Å². The van der Waals surface area contributed by atoms with Gasteiger partial charge in [0.1, 0.15) is 17.0 Å². The van der Waals surface area contributed by atoms with Gasteiger partial charge in [0.05, 0.1) is 5.39 Å². The molecular weight excluding hydrogens is 332 g/mol. The van der Waals surface area contributed by atoms with E-state index in [2.05, 4.69) is 20.2 Å². The lowest BCUT2D eigenvalue weighted by atomic mass is 9.95. The Kier molecular flexibility index (Phi) is 4.88. The molecule has 0 atom stereocenters. The number of aryl methyl sites for hydroxylation is 2. The SMILES string of the molecule is CCNC(=O)C1CCN(c2ncnc3sc4c(c23)CCCCC4)CC1. The van der Waals surface area contributed by atoms with Crippen molar-refractivity contribution in [3.05, 3.63) is 16.8 Å². The molecule has 2 aliphatic rings. The maximum atomic E-state index is 12.1. The van der Waals surface area contributed by atoms with Crippen LogP contribution in [0, 0.1) is 5.92 Å². The fraction of sp³-hybridized carbons (Fsp3) is 0.632. The van der Waals surface area contributed by atoms with Crippen molar-refractivity contribution in [2.75, 3.05) is 24.5 Å². The average Bonchev–Trinajstić information content (AvgIpc) is 2.83. The molecule has 25 heavy (non-hydrogen) atoms. The number of piperidine rings is 1. The van der Waals surface area contributed by atoms with Crippen LogP contribution >= 0.6 is 11.3 Å². The Hall–Kier alpha value is -1.69. The van der Waals surface area contributed by atoms with E-state index < -0.39 is 0 Å². The zero-order valence-corrected chi connectivity index (χ0v) is 15.7. The monoisotopic (exact) mass is 358 g/mol. The zero-order chi connectivity index (χ0) is 17.2. The van der Waals surface area contributed by atoms with Gasteiger partial charge in [0.15, 0.2) is 0 Å². The van der Waals surface area contributed by atoms with Crippen LogP contribution in [0.3, 0.4) is 0 Å². The fourth-order valence-electron chi connectivity index (χ4n) is 4.16. The van der Waals surface area contributed by atoms with Gasteiger partial charge in [-0.1, -0.05) is 6.42 Å². The Bertz CT molecular complexity index is 764. The average molecular weight is 359 g/mol. The van der Waals surface area contributed by atoms with Crippen molar-refractivity contribution in [3.8, 4) is 0 Å². The second-order valence-electron chi connectivity index (χ2n) is 7.10. The van der Waals surface area contributed by atoms with E-state index >= 15 is 0 Å². The van der Waals surface area contributed by atoms with E-state index in [9.17, 15) is 4.79 Å². The lowest BCUT2D eigenvalue weighted by molar-refractivity contribution is -0.125. The van der Waals surface area contributed by atoms with Crippen molar-refractivity contribution in [1.29, 1.82) is 0 Å². The Labute approximate surface area is 152 Å². The summed E-state index contributed by atoms with van der Waals surface area (Å²) in [6, 6.07) is 0. The van der Waals surface area contributed by atoms with Crippen LogP contribution in [0.25, 0.3) is 10.2 Å². The highest BCUT2D eigenvalue weighted by Gasteiger charge is 2.28. The first-order valence-corrected chi connectivity index (χ1v) is 10.4. The fourth-order valence-corrected chi connectivity index (χ4v) is 5.39. The van der Waals surface area contributed by atoms with Gasteiger partial charge >= 0.3 is 0 Å². The quantitative estimate of drug-likeness (QED) is 0.855. The van der Waals surface area contributed by atoms with Crippen LogP contribution in [0.15, 0.2) is 6.33 Å². The van der Waals surface area contributed by atoms with Gasteiger partial charge in [-0.05, 0) is 51.0 Å². The number of aromatic nitrogens is 2. The number of nitrogens with zero attached hydrogens (tertiary/aromatic N) is 3. The standard InChI is InChI=1S/C19H26N4OS/c1-2-20-18(24)13-8-10-23(11-9-13)17-16-14-6-4-3-5-7-15(14)25-19(16)22-12-21-17/h12-13H,2-11H2,1H3,(H,20,24).